The summed E-state index contributed by atoms with van der Waals surface area (Å²) in [5.41, 5.74) is 2.66. The maximum atomic E-state index is 4.55. The van der Waals surface area contributed by atoms with Crippen LogP contribution in [0, 0.1) is 0 Å². The van der Waals surface area contributed by atoms with E-state index in [4.69, 9.17) is 0 Å². The summed E-state index contributed by atoms with van der Waals surface area (Å²) in [5, 5.41) is 11.5. The summed E-state index contributed by atoms with van der Waals surface area (Å²) in [4.78, 5) is 0. The van der Waals surface area contributed by atoms with E-state index in [1.807, 2.05) is 0 Å². The van der Waals surface area contributed by atoms with Gasteiger partial charge in [-0.3, -0.25) is 4.68 Å². The van der Waals surface area contributed by atoms with E-state index >= 15 is 0 Å². The minimum atomic E-state index is 0.197. The zero-order chi connectivity index (χ0) is 13.6. The molecule has 4 nitrogen and oxygen atoms in total. The summed E-state index contributed by atoms with van der Waals surface area (Å²) in [6, 6.07) is 2.20. The van der Waals surface area contributed by atoms with Crippen LogP contribution in [0.4, 0.5) is 0 Å². The molecule has 0 atom stereocenters. The largest absolute Gasteiger partial charge is 0.311 e. The highest BCUT2D eigenvalue weighted by Crippen LogP contribution is 2.05. The third kappa shape index (κ3) is 5.19. The number of hydrogen-bond acceptors (Lipinski definition) is 3. The molecule has 0 aliphatic carbocycles. The van der Waals surface area contributed by atoms with Crippen LogP contribution in [0.25, 0.3) is 0 Å². The van der Waals surface area contributed by atoms with Gasteiger partial charge in [0.2, 0.25) is 0 Å². The second-order valence-corrected chi connectivity index (χ2v) is 5.65. The summed E-state index contributed by atoms with van der Waals surface area (Å²) in [5.74, 6) is 0. The Bertz CT molecular complexity index is 349. The molecule has 0 spiro atoms. The van der Waals surface area contributed by atoms with E-state index in [1.54, 1.807) is 0 Å². The van der Waals surface area contributed by atoms with E-state index in [0.29, 0.717) is 0 Å². The Morgan fingerprint density at radius 1 is 1.22 bits per heavy atom. The lowest BCUT2D eigenvalue weighted by Gasteiger charge is -2.20. The number of aryl methyl sites for hydroxylation is 2. The van der Waals surface area contributed by atoms with Crippen molar-refractivity contribution >= 4 is 0 Å². The number of nitrogens with zero attached hydrogens (tertiary/aromatic N) is 2. The summed E-state index contributed by atoms with van der Waals surface area (Å²) < 4.78 is 2.09. The van der Waals surface area contributed by atoms with Crippen molar-refractivity contribution in [2.45, 2.75) is 59.7 Å². The van der Waals surface area contributed by atoms with Gasteiger partial charge in [-0.05, 0) is 40.2 Å². The molecule has 0 saturated carbocycles. The highest BCUT2D eigenvalue weighted by atomic mass is 15.3. The molecule has 0 bridgehead atoms. The number of rotatable bonds is 7. The van der Waals surface area contributed by atoms with Crippen molar-refractivity contribution in [2.24, 2.45) is 0 Å². The first-order valence-corrected chi connectivity index (χ1v) is 6.97. The van der Waals surface area contributed by atoms with Crippen molar-refractivity contribution in [1.29, 1.82) is 0 Å². The molecule has 0 unspecified atom stereocenters. The molecular weight excluding hydrogens is 224 g/mol. The molecule has 1 heterocycles. The first-order chi connectivity index (χ1) is 8.46. The van der Waals surface area contributed by atoms with E-state index in [-0.39, 0.29) is 5.54 Å². The molecule has 1 aromatic heterocycles. The minimum Gasteiger partial charge on any atom is -0.311 e. The average molecular weight is 252 g/mol. The maximum absolute atomic E-state index is 4.55. The SMILES string of the molecule is CCc1cc(CNCCNC(C)(C)C)n(CC)n1. The molecule has 104 valence electrons. The van der Waals surface area contributed by atoms with Crippen LogP contribution in [0.1, 0.15) is 46.0 Å². The Morgan fingerprint density at radius 3 is 2.50 bits per heavy atom. The maximum Gasteiger partial charge on any atom is 0.0625 e. The minimum absolute atomic E-state index is 0.197. The lowest BCUT2D eigenvalue weighted by atomic mass is 10.1. The average Bonchev–Trinajstić information content (AvgIpc) is 2.69. The van der Waals surface area contributed by atoms with Gasteiger partial charge in [-0.15, -0.1) is 0 Å². The molecule has 18 heavy (non-hydrogen) atoms. The van der Waals surface area contributed by atoms with Crippen LogP contribution in [0.3, 0.4) is 0 Å². The van der Waals surface area contributed by atoms with Crippen LogP contribution >= 0.6 is 0 Å². The van der Waals surface area contributed by atoms with E-state index < -0.39 is 0 Å². The molecular formula is C14H28N4. The van der Waals surface area contributed by atoms with Crippen LogP contribution in [-0.4, -0.2) is 28.4 Å². The van der Waals surface area contributed by atoms with Crippen molar-refractivity contribution in [3.63, 3.8) is 0 Å². The number of nitrogens with one attached hydrogen (secondary N) is 2. The highest BCUT2D eigenvalue weighted by Gasteiger charge is 2.08. The van der Waals surface area contributed by atoms with Crippen molar-refractivity contribution < 1.29 is 0 Å². The van der Waals surface area contributed by atoms with Crippen LogP contribution in [0.5, 0.6) is 0 Å². The summed E-state index contributed by atoms with van der Waals surface area (Å²) in [7, 11) is 0. The van der Waals surface area contributed by atoms with Gasteiger partial charge in [0, 0.05) is 31.7 Å². The first kappa shape index (κ1) is 15.2. The fraction of sp³-hybridized carbons (Fsp3) is 0.786. The van der Waals surface area contributed by atoms with E-state index in [1.165, 1.54) is 11.4 Å². The van der Waals surface area contributed by atoms with E-state index in [0.717, 1.165) is 32.6 Å². The summed E-state index contributed by atoms with van der Waals surface area (Å²) in [6.45, 7) is 14.7. The lowest BCUT2D eigenvalue weighted by molar-refractivity contribution is 0.420. The highest BCUT2D eigenvalue weighted by molar-refractivity contribution is 5.10. The Balaban J connectivity index is 2.32. The Labute approximate surface area is 111 Å². The molecule has 0 aromatic carbocycles. The van der Waals surface area contributed by atoms with E-state index in [2.05, 4.69) is 61.1 Å². The quantitative estimate of drug-likeness (QED) is 0.729. The van der Waals surface area contributed by atoms with Gasteiger partial charge in [0.25, 0.3) is 0 Å². The van der Waals surface area contributed by atoms with Crippen LogP contribution in [-0.2, 0) is 19.5 Å². The van der Waals surface area contributed by atoms with Gasteiger partial charge < -0.3 is 10.6 Å². The standard InChI is InChI=1S/C14H28N4/c1-6-12-10-13(18(7-2)17-12)11-15-8-9-16-14(3,4)5/h10,15-16H,6-9,11H2,1-5H3. The zero-order valence-corrected chi connectivity index (χ0v) is 12.5. The molecule has 0 radical (unpaired) electrons. The van der Waals surface area contributed by atoms with Crippen molar-refractivity contribution in [1.82, 2.24) is 20.4 Å². The second kappa shape index (κ2) is 6.90. The Morgan fingerprint density at radius 2 is 1.94 bits per heavy atom. The van der Waals surface area contributed by atoms with E-state index in [9.17, 15) is 0 Å². The molecule has 0 amide bonds. The molecule has 0 aliphatic rings. The van der Waals surface area contributed by atoms with Gasteiger partial charge in [-0.1, -0.05) is 6.92 Å². The topological polar surface area (TPSA) is 41.9 Å². The Hall–Kier alpha value is -0.870. The smallest absolute Gasteiger partial charge is 0.0625 e. The molecule has 0 aliphatic heterocycles. The van der Waals surface area contributed by atoms with Crippen molar-refractivity contribution in [2.75, 3.05) is 13.1 Å². The predicted molar refractivity (Wildman–Crippen MR) is 76.7 cm³/mol. The van der Waals surface area contributed by atoms with Gasteiger partial charge in [0.15, 0.2) is 0 Å². The van der Waals surface area contributed by atoms with Gasteiger partial charge in [-0.2, -0.15) is 5.10 Å². The Kier molecular flexibility index (Phi) is 5.82. The van der Waals surface area contributed by atoms with Crippen LogP contribution in [0.2, 0.25) is 0 Å². The molecule has 0 fully saturated rings. The predicted octanol–water partition coefficient (Wildman–Crippen LogP) is 1.94. The molecule has 1 rings (SSSR count). The zero-order valence-electron chi connectivity index (χ0n) is 12.5. The van der Waals surface area contributed by atoms with Gasteiger partial charge in [0.05, 0.1) is 11.4 Å². The fourth-order valence-corrected chi connectivity index (χ4v) is 1.85. The van der Waals surface area contributed by atoms with Crippen LogP contribution in [0.15, 0.2) is 6.07 Å². The fourth-order valence-electron chi connectivity index (χ4n) is 1.85. The molecule has 4 heteroatoms. The van der Waals surface area contributed by atoms with Crippen molar-refractivity contribution in [3.05, 3.63) is 17.5 Å². The van der Waals surface area contributed by atoms with Gasteiger partial charge in [0.1, 0.15) is 0 Å². The van der Waals surface area contributed by atoms with Crippen molar-refractivity contribution in [3.8, 4) is 0 Å². The van der Waals surface area contributed by atoms with Crippen LogP contribution < -0.4 is 10.6 Å². The second-order valence-electron chi connectivity index (χ2n) is 5.65. The lowest BCUT2D eigenvalue weighted by Crippen LogP contribution is -2.40. The first-order valence-electron chi connectivity index (χ1n) is 6.97. The molecule has 2 N–H and O–H groups in total. The third-order valence-corrected chi connectivity index (χ3v) is 2.84. The normalized spacial score (nSPS) is 12.1. The summed E-state index contributed by atoms with van der Waals surface area (Å²) >= 11 is 0. The monoisotopic (exact) mass is 252 g/mol. The van der Waals surface area contributed by atoms with Gasteiger partial charge in [-0.25, -0.2) is 0 Å². The summed E-state index contributed by atoms with van der Waals surface area (Å²) in [6.07, 6.45) is 1.01. The van der Waals surface area contributed by atoms with Gasteiger partial charge >= 0.3 is 0 Å². The number of aromatic nitrogens is 2. The number of hydrogen-bond donors (Lipinski definition) is 2. The molecule has 0 saturated heterocycles. The molecule has 1 aromatic rings. The third-order valence-electron chi connectivity index (χ3n) is 2.84.